The second-order valence-corrected chi connectivity index (χ2v) is 26.7. The number of aliphatic hydroxyl groups is 2. The number of ether oxygens (including phenoxy) is 1. The summed E-state index contributed by atoms with van der Waals surface area (Å²) in [5.74, 6) is -0.0105. The Bertz CT molecular complexity index is 1260. The van der Waals surface area contributed by atoms with Gasteiger partial charge in [-0.3, -0.25) is 9.59 Å². The molecular formula is C77H151NO5. The molecule has 2 unspecified atom stereocenters. The quantitative estimate of drug-likeness (QED) is 0.0320. The molecule has 0 aromatic heterocycles. The third-order valence-electron chi connectivity index (χ3n) is 18.3. The molecule has 83 heavy (non-hydrogen) atoms. The SMILES string of the molecule is CCCCCCCC/C=C\CCCCCCCC(=O)OCCCCCCCCCCCCCCCCCCCCCCCCCCCCCCCCCCCC(=O)NC(CO)C(O)CCCCCCCCCCCCCCCCCCCC. The van der Waals surface area contributed by atoms with E-state index >= 15 is 0 Å². The summed E-state index contributed by atoms with van der Waals surface area (Å²) in [5, 5.41) is 23.4. The summed E-state index contributed by atoms with van der Waals surface area (Å²) in [4.78, 5) is 24.6. The van der Waals surface area contributed by atoms with Gasteiger partial charge in [0.05, 0.1) is 25.4 Å². The maximum atomic E-state index is 12.5. The van der Waals surface area contributed by atoms with E-state index in [1.807, 2.05) is 0 Å². The fourth-order valence-electron chi connectivity index (χ4n) is 12.5. The molecule has 6 nitrogen and oxygen atoms in total. The van der Waals surface area contributed by atoms with Crippen LogP contribution in [0.4, 0.5) is 0 Å². The van der Waals surface area contributed by atoms with E-state index in [1.54, 1.807) is 0 Å². The standard InChI is InChI=1S/C77H151NO5/c1-3-5-7-9-11-13-15-17-19-20-38-42-45-49-53-57-61-65-69-75(80)74(73-79)78-76(81)70-66-62-58-54-50-46-43-39-36-34-32-30-28-26-24-22-21-23-25-27-29-31-33-35-37-40-44-48-52-56-60-64-68-72-83-77(82)71-67-63-59-55-51-47-41-18-16-14-12-10-8-6-4-2/h18,41,74-75,79-80H,3-17,19-40,42-73H2,1-2H3,(H,78,81)/b41-18-. The molecule has 494 valence electrons. The molecule has 0 saturated carbocycles. The first-order valence-corrected chi connectivity index (χ1v) is 38.4. The number of rotatable bonds is 73. The van der Waals surface area contributed by atoms with Crippen molar-refractivity contribution in [3.05, 3.63) is 12.2 Å². The van der Waals surface area contributed by atoms with Gasteiger partial charge in [0.1, 0.15) is 0 Å². The molecule has 0 bridgehead atoms. The molecule has 1 amide bonds. The Morgan fingerprint density at radius 2 is 0.566 bits per heavy atom. The van der Waals surface area contributed by atoms with Crippen LogP contribution in [-0.4, -0.2) is 47.4 Å². The zero-order valence-electron chi connectivity index (χ0n) is 56.7. The van der Waals surface area contributed by atoms with Crippen molar-refractivity contribution in [1.82, 2.24) is 5.32 Å². The topological polar surface area (TPSA) is 95.9 Å². The Hall–Kier alpha value is -1.40. The van der Waals surface area contributed by atoms with Crippen molar-refractivity contribution in [2.75, 3.05) is 13.2 Å². The fourth-order valence-corrected chi connectivity index (χ4v) is 12.5. The van der Waals surface area contributed by atoms with Gasteiger partial charge in [-0.1, -0.05) is 392 Å². The summed E-state index contributed by atoms with van der Waals surface area (Å²) >= 11 is 0. The number of hydrogen-bond acceptors (Lipinski definition) is 5. The van der Waals surface area contributed by atoms with Crippen molar-refractivity contribution in [3.63, 3.8) is 0 Å². The van der Waals surface area contributed by atoms with Gasteiger partial charge in [-0.25, -0.2) is 0 Å². The van der Waals surface area contributed by atoms with Crippen LogP contribution in [0.15, 0.2) is 12.2 Å². The molecule has 0 heterocycles. The van der Waals surface area contributed by atoms with Crippen LogP contribution in [0.1, 0.15) is 444 Å². The molecule has 0 aliphatic carbocycles. The first-order valence-electron chi connectivity index (χ1n) is 38.4. The second kappa shape index (κ2) is 73.1. The summed E-state index contributed by atoms with van der Waals surface area (Å²) in [7, 11) is 0. The van der Waals surface area contributed by atoms with E-state index in [-0.39, 0.29) is 18.5 Å². The molecule has 0 saturated heterocycles. The Balaban J connectivity index is 3.31. The van der Waals surface area contributed by atoms with E-state index in [0.717, 1.165) is 44.9 Å². The molecule has 0 fully saturated rings. The number of aliphatic hydroxyl groups excluding tert-OH is 2. The van der Waals surface area contributed by atoms with Gasteiger partial charge < -0.3 is 20.3 Å². The average molecular weight is 1170 g/mol. The monoisotopic (exact) mass is 1170 g/mol. The summed E-state index contributed by atoms with van der Waals surface area (Å²) in [5.41, 5.74) is 0. The minimum absolute atomic E-state index is 0.0149. The van der Waals surface area contributed by atoms with Crippen LogP contribution in [0.2, 0.25) is 0 Å². The largest absolute Gasteiger partial charge is 0.466 e. The van der Waals surface area contributed by atoms with Crippen molar-refractivity contribution in [2.24, 2.45) is 0 Å². The van der Waals surface area contributed by atoms with Crippen molar-refractivity contribution >= 4 is 11.9 Å². The number of amides is 1. The van der Waals surface area contributed by atoms with Gasteiger partial charge >= 0.3 is 5.97 Å². The van der Waals surface area contributed by atoms with Crippen LogP contribution in [0, 0.1) is 0 Å². The third kappa shape index (κ3) is 69.6. The van der Waals surface area contributed by atoms with Crippen LogP contribution < -0.4 is 5.32 Å². The third-order valence-corrected chi connectivity index (χ3v) is 18.3. The fraction of sp³-hybridized carbons (Fsp3) is 0.948. The second-order valence-electron chi connectivity index (χ2n) is 26.7. The smallest absolute Gasteiger partial charge is 0.305 e. The molecule has 0 aliphatic heterocycles. The van der Waals surface area contributed by atoms with Gasteiger partial charge in [-0.15, -0.1) is 0 Å². The number of nitrogens with one attached hydrogen (secondary N) is 1. The van der Waals surface area contributed by atoms with E-state index in [2.05, 4.69) is 31.3 Å². The first kappa shape index (κ1) is 81.6. The van der Waals surface area contributed by atoms with E-state index in [1.165, 1.54) is 366 Å². The normalized spacial score (nSPS) is 12.5. The highest BCUT2D eigenvalue weighted by atomic mass is 16.5. The minimum Gasteiger partial charge on any atom is -0.466 e. The zero-order valence-corrected chi connectivity index (χ0v) is 56.7. The number of allylic oxidation sites excluding steroid dienone is 2. The number of carbonyl (C=O) groups excluding carboxylic acids is 2. The van der Waals surface area contributed by atoms with Crippen LogP contribution in [0.3, 0.4) is 0 Å². The molecule has 0 aromatic rings. The molecule has 0 spiro atoms. The van der Waals surface area contributed by atoms with E-state index < -0.39 is 12.1 Å². The molecule has 0 aliphatic rings. The zero-order chi connectivity index (χ0) is 59.9. The Kier molecular flexibility index (Phi) is 71.8. The van der Waals surface area contributed by atoms with Crippen LogP contribution in [0.25, 0.3) is 0 Å². The number of unbranched alkanes of at least 4 members (excludes halogenated alkanes) is 60. The van der Waals surface area contributed by atoms with Gasteiger partial charge in [-0.2, -0.15) is 0 Å². The number of hydrogen-bond donors (Lipinski definition) is 3. The van der Waals surface area contributed by atoms with Crippen molar-refractivity contribution in [3.8, 4) is 0 Å². The lowest BCUT2D eigenvalue weighted by atomic mass is 10.0. The Labute approximate surface area is 520 Å². The number of esters is 1. The van der Waals surface area contributed by atoms with Gasteiger partial charge in [0, 0.05) is 12.8 Å². The average Bonchev–Trinajstić information content (AvgIpc) is 3.49. The van der Waals surface area contributed by atoms with E-state index in [0.29, 0.717) is 25.9 Å². The molecule has 2 atom stereocenters. The Morgan fingerprint density at radius 1 is 0.325 bits per heavy atom. The highest BCUT2D eigenvalue weighted by molar-refractivity contribution is 5.76. The molecule has 3 N–H and O–H groups in total. The van der Waals surface area contributed by atoms with Crippen LogP contribution in [-0.2, 0) is 14.3 Å². The van der Waals surface area contributed by atoms with Crippen LogP contribution in [0.5, 0.6) is 0 Å². The van der Waals surface area contributed by atoms with Crippen molar-refractivity contribution in [2.45, 2.75) is 456 Å². The lowest BCUT2D eigenvalue weighted by Crippen LogP contribution is -2.45. The van der Waals surface area contributed by atoms with Gasteiger partial charge in [-0.05, 0) is 51.4 Å². The first-order chi connectivity index (χ1) is 41.0. The van der Waals surface area contributed by atoms with E-state index in [9.17, 15) is 19.8 Å². The lowest BCUT2D eigenvalue weighted by molar-refractivity contribution is -0.143. The summed E-state index contributed by atoms with van der Waals surface area (Å²) < 4.78 is 5.50. The summed E-state index contributed by atoms with van der Waals surface area (Å²) in [6.07, 6.45) is 91.5. The maximum Gasteiger partial charge on any atom is 0.305 e. The van der Waals surface area contributed by atoms with Crippen molar-refractivity contribution < 1.29 is 24.5 Å². The van der Waals surface area contributed by atoms with Crippen LogP contribution >= 0.6 is 0 Å². The molecule has 6 heteroatoms. The predicted octanol–water partition coefficient (Wildman–Crippen LogP) is 25.1. The molecule has 0 aromatic carbocycles. The highest BCUT2D eigenvalue weighted by Crippen LogP contribution is 2.20. The summed E-state index contributed by atoms with van der Waals surface area (Å²) in [6.45, 7) is 5.00. The van der Waals surface area contributed by atoms with Gasteiger partial charge in [0.15, 0.2) is 0 Å². The van der Waals surface area contributed by atoms with Gasteiger partial charge in [0.2, 0.25) is 5.91 Å². The maximum absolute atomic E-state index is 12.5. The predicted molar refractivity (Wildman–Crippen MR) is 366 cm³/mol. The highest BCUT2D eigenvalue weighted by Gasteiger charge is 2.20. The van der Waals surface area contributed by atoms with Crippen molar-refractivity contribution in [1.29, 1.82) is 0 Å². The Morgan fingerprint density at radius 3 is 0.855 bits per heavy atom. The lowest BCUT2D eigenvalue weighted by Gasteiger charge is -2.22. The molecule has 0 rings (SSSR count). The summed E-state index contributed by atoms with van der Waals surface area (Å²) in [6, 6.07) is -0.537. The molecular weight excluding hydrogens is 1020 g/mol. The van der Waals surface area contributed by atoms with E-state index in [4.69, 9.17) is 4.74 Å². The molecule has 0 radical (unpaired) electrons. The van der Waals surface area contributed by atoms with Gasteiger partial charge in [0.25, 0.3) is 0 Å². The minimum atomic E-state index is -0.661. The number of carbonyl (C=O) groups is 2.